The minimum absolute atomic E-state index is 0.319. The molecule has 1 heterocycles. The number of rotatable bonds is 7. The third-order valence-electron chi connectivity index (χ3n) is 3.44. The molecule has 3 N–H and O–H groups in total. The number of hydrogen-bond donors (Lipinski definition) is 2. The van der Waals surface area contributed by atoms with Crippen LogP contribution >= 0.6 is 0 Å². The maximum Gasteiger partial charge on any atom is 0.252 e. The summed E-state index contributed by atoms with van der Waals surface area (Å²) in [4.78, 5) is 28.1. The summed E-state index contributed by atoms with van der Waals surface area (Å²) >= 11 is 0. The van der Waals surface area contributed by atoms with Gasteiger partial charge in [-0.15, -0.1) is 6.58 Å². The Labute approximate surface area is 129 Å². The largest absolute Gasteiger partial charge is 0.368 e. The minimum Gasteiger partial charge on any atom is -0.368 e. The Morgan fingerprint density at radius 3 is 2.82 bits per heavy atom. The SMILES string of the molecule is C=CCCC[C@@H](NC(=O)c1ccnc2ccccc12)C(N)=O. The fourth-order valence-corrected chi connectivity index (χ4v) is 2.28. The molecular formula is C17H19N3O2. The van der Waals surface area contributed by atoms with E-state index in [9.17, 15) is 9.59 Å². The van der Waals surface area contributed by atoms with Gasteiger partial charge in [0.05, 0.1) is 11.1 Å². The Hall–Kier alpha value is -2.69. The van der Waals surface area contributed by atoms with Crippen LogP contribution in [0.4, 0.5) is 0 Å². The van der Waals surface area contributed by atoms with Gasteiger partial charge in [-0.25, -0.2) is 0 Å². The molecule has 5 heteroatoms. The molecule has 0 aliphatic carbocycles. The molecule has 1 aromatic heterocycles. The first-order valence-electron chi connectivity index (χ1n) is 7.18. The molecule has 0 unspecified atom stereocenters. The van der Waals surface area contributed by atoms with Crippen LogP contribution in [0.1, 0.15) is 29.6 Å². The number of carbonyl (C=O) groups is 2. The summed E-state index contributed by atoms with van der Waals surface area (Å²) in [6.45, 7) is 3.63. The number of primary amides is 1. The van der Waals surface area contributed by atoms with E-state index in [0.29, 0.717) is 12.0 Å². The number of unbranched alkanes of at least 4 members (excludes halogenated alkanes) is 1. The van der Waals surface area contributed by atoms with E-state index in [1.807, 2.05) is 24.3 Å². The predicted molar refractivity (Wildman–Crippen MR) is 86.2 cm³/mol. The Balaban J connectivity index is 2.18. The fourth-order valence-electron chi connectivity index (χ4n) is 2.28. The lowest BCUT2D eigenvalue weighted by molar-refractivity contribution is -0.120. The van der Waals surface area contributed by atoms with E-state index in [2.05, 4.69) is 16.9 Å². The molecule has 0 saturated carbocycles. The number of hydrogen-bond acceptors (Lipinski definition) is 3. The monoisotopic (exact) mass is 297 g/mol. The lowest BCUT2D eigenvalue weighted by Crippen LogP contribution is -2.44. The van der Waals surface area contributed by atoms with Gasteiger partial charge in [0, 0.05) is 11.6 Å². The Morgan fingerprint density at radius 1 is 1.32 bits per heavy atom. The van der Waals surface area contributed by atoms with Crippen molar-refractivity contribution in [3.05, 3.63) is 54.7 Å². The smallest absolute Gasteiger partial charge is 0.252 e. The Bertz CT molecular complexity index is 692. The van der Waals surface area contributed by atoms with Crippen LogP contribution in [0.25, 0.3) is 10.9 Å². The number of benzene rings is 1. The molecule has 0 aliphatic heterocycles. The van der Waals surface area contributed by atoms with Gasteiger partial charge in [-0.2, -0.15) is 0 Å². The van der Waals surface area contributed by atoms with E-state index in [4.69, 9.17) is 5.73 Å². The maximum atomic E-state index is 12.4. The molecule has 0 fully saturated rings. The second kappa shape index (κ2) is 7.36. The topological polar surface area (TPSA) is 85.1 Å². The van der Waals surface area contributed by atoms with Crippen molar-refractivity contribution in [3.8, 4) is 0 Å². The summed E-state index contributed by atoms with van der Waals surface area (Å²) in [6, 6.07) is 8.32. The summed E-state index contributed by atoms with van der Waals surface area (Å²) in [7, 11) is 0. The molecule has 114 valence electrons. The number of aromatic nitrogens is 1. The highest BCUT2D eigenvalue weighted by molar-refractivity contribution is 6.07. The molecule has 0 bridgehead atoms. The fraction of sp³-hybridized carbons (Fsp3) is 0.235. The van der Waals surface area contributed by atoms with Crippen molar-refractivity contribution in [2.75, 3.05) is 0 Å². The number of carbonyl (C=O) groups excluding carboxylic acids is 2. The Morgan fingerprint density at radius 2 is 2.09 bits per heavy atom. The zero-order valence-electron chi connectivity index (χ0n) is 12.3. The van der Waals surface area contributed by atoms with Gasteiger partial charge < -0.3 is 11.1 Å². The number of pyridine rings is 1. The van der Waals surface area contributed by atoms with Crippen LogP contribution in [0, 0.1) is 0 Å². The van der Waals surface area contributed by atoms with Crippen molar-refractivity contribution < 1.29 is 9.59 Å². The molecule has 2 aromatic rings. The molecule has 0 aliphatic rings. The van der Waals surface area contributed by atoms with Crippen LogP contribution in [0.2, 0.25) is 0 Å². The quantitative estimate of drug-likeness (QED) is 0.606. The molecule has 2 amide bonds. The van der Waals surface area contributed by atoms with Gasteiger partial charge in [-0.3, -0.25) is 14.6 Å². The van der Waals surface area contributed by atoms with Gasteiger partial charge >= 0.3 is 0 Å². The molecule has 22 heavy (non-hydrogen) atoms. The molecular weight excluding hydrogens is 278 g/mol. The normalized spacial score (nSPS) is 11.8. The van der Waals surface area contributed by atoms with E-state index in [1.54, 1.807) is 18.3 Å². The number of nitrogens with one attached hydrogen (secondary N) is 1. The van der Waals surface area contributed by atoms with E-state index in [1.165, 1.54) is 0 Å². The van der Waals surface area contributed by atoms with Gasteiger partial charge in [0.1, 0.15) is 6.04 Å². The summed E-state index contributed by atoms with van der Waals surface area (Å²) in [5.41, 5.74) is 6.59. The number of fused-ring (bicyclic) bond motifs is 1. The molecule has 1 aromatic carbocycles. The summed E-state index contributed by atoms with van der Waals surface area (Å²) in [5.74, 6) is -0.850. The first kappa shape index (κ1) is 15.7. The molecule has 2 rings (SSSR count). The minimum atomic E-state index is -0.681. The lowest BCUT2D eigenvalue weighted by Gasteiger charge is -2.15. The van der Waals surface area contributed by atoms with Gasteiger partial charge in [0.2, 0.25) is 5.91 Å². The predicted octanol–water partition coefficient (Wildman–Crippen LogP) is 2.17. The molecule has 0 spiro atoms. The highest BCUT2D eigenvalue weighted by atomic mass is 16.2. The van der Waals surface area contributed by atoms with Crippen molar-refractivity contribution in [2.45, 2.75) is 25.3 Å². The van der Waals surface area contributed by atoms with E-state index in [-0.39, 0.29) is 5.91 Å². The van der Waals surface area contributed by atoms with Crippen LogP contribution in [-0.2, 0) is 4.79 Å². The summed E-state index contributed by atoms with van der Waals surface area (Å²) in [6.07, 6.45) is 5.37. The number of amides is 2. The first-order valence-corrected chi connectivity index (χ1v) is 7.18. The van der Waals surface area contributed by atoms with Crippen LogP contribution in [0.15, 0.2) is 49.2 Å². The van der Waals surface area contributed by atoms with Crippen molar-refractivity contribution >= 4 is 22.7 Å². The number of allylic oxidation sites excluding steroid dienone is 1. The third kappa shape index (κ3) is 3.69. The molecule has 0 radical (unpaired) electrons. The average Bonchev–Trinajstić information content (AvgIpc) is 2.53. The van der Waals surface area contributed by atoms with Crippen molar-refractivity contribution in [3.63, 3.8) is 0 Å². The summed E-state index contributed by atoms with van der Waals surface area (Å²) in [5, 5.41) is 3.46. The number of nitrogens with zero attached hydrogens (tertiary/aromatic N) is 1. The molecule has 1 atom stereocenters. The zero-order chi connectivity index (χ0) is 15.9. The summed E-state index contributed by atoms with van der Waals surface area (Å²) < 4.78 is 0. The van der Waals surface area contributed by atoms with Crippen molar-refractivity contribution in [1.29, 1.82) is 0 Å². The average molecular weight is 297 g/mol. The van der Waals surface area contributed by atoms with Gasteiger partial charge in [0.25, 0.3) is 5.91 Å². The van der Waals surface area contributed by atoms with E-state index >= 15 is 0 Å². The third-order valence-corrected chi connectivity index (χ3v) is 3.44. The van der Waals surface area contributed by atoms with Crippen LogP contribution < -0.4 is 11.1 Å². The highest BCUT2D eigenvalue weighted by Gasteiger charge is 2.19. The van der Waals surface area contributed by atoms with Crippen molar-refractivity contribution in [1.82, 2.24) is 10.3 Å². The lowest BCUT2D eigenvalue weighted by atomic mass is 10.1. The van der Waals surface area contributed by atoms with Crippen LogP contribution in [0.5, 0.6) is 0 Å². The highest BCUT2D eigenvalue weighted by Crippen LogP contribution is 2.16. The van der Waals surface area contributed by atoms with Gasteiger partial charge in [-0.1, -0.05) is 24.3 Å². The molecule has 0 saturated heterocycles. The van der Waals surface area contributed by atoms with E-state index < -0.39 is 11.9 Å². The number of para-hydroxylation sites is 1. The Kier molecular flexibility index (Phi) is 5.25. The van der Waals surface area contributed by atoms with Gasteiger partial charge in [0.15, 0.2) is 0 Å². The standard InChI is InChI=1S/C17H19N3O2/c1-2-3-4-9-15(16(18)21)20-17(22)13-10-11-19-14-8-6-5-7-12(13)14/h2,5-8,10-11,15H,1,3-4,9H2,(H2,18,21)(H,20,22)/t15-/m1/s1. The molecule has 5 nitrogen and oxygen atoms in total. The maximum absolute atomic E-state index is 12.4. The zero-order valence-corrected chi connectivity index (χ0v) is 12.3. The van der Waals surface area contributed by atoms with Crippen LogP contribution in [0.3, 0.4) is 0 Å². The van der Waals surface area contributed by atoms with Crippen LogP contribution in [-0.4, -0.2) is 22.8 Å². The van der Waals surface area contributed by atoms with E-state index in [0.717, 1.165) is 23.7 Å². The second-order valence-corrected chi connectivity index (χ2v) is 5.02. The van der Waals surface area contributed by atoms with Gasteiger partial charge in [-0.05, 0) is 31.4 Å². The second-order valence-electron chi connectivity index (χ2n) is 5.02. The number of nitrogens with two attached hydrogens (primary N) is 1. The first-order chi connectivity index (χ1) is 10.6. The van der Waals surface area contributed by atoms with Crippen molar-refractivity contribution in [2.24, 2.45) is 5.73 Å².